The van der Waals surface area contributed by atoms with Gasteiger partial charge >= 0.3 is 0 Å². The minimum Gasteiger partial charge on any atom is -0.378 e. The molecule has 0 spiro atoms. The molecule has 0 atom stereocenters. The van der Waals surface area contributed by atoms with E-state index in [0.717, 1.165) is 18.9 Å². The molecule has 100 valence electrons. The van der Waals surface area contributed by atoms with Crippen LogP contribution in [-0.2, 0) is 4.74 Å². The Hall–Kier alpha value is -2.22. The third kappa shape index (κ3) is 2.34. The summed E-state index contributed by atoms with van der Waals surface area (Å²) in [7, 11) is 0. The molecule has 2 N–H and O–H groups in total. The summed E-state index contributed by atoms with van der Waals surface area (Å²) in [6.45, 7) is 4.74. The number of nitrogen functional groups attached to an aromatic ring is 1. The number of nitrogens with zero attached hydrogens (tertiary/aromatic N) is 6. The summed E-state index contributed by atoms with van der Waals surface area (Å²) < 4.78 is 7.09. The number of hydrogen-bond donors (Lipinski definition) is 1. The zero-order valence-electron chi connectivity index (χ0n) is 10.7. The van der Waals surface area contributed by atoms with Gasteiger partial charge in [-0.05, 0) is 6.92 Å². The summed E-state index contributed by atoms with van der Waals surface area (Å²) >= 11 is 0. The molecule has 1 saturated heterocycles. The summed E-state index contributed by atoms with van der Waals surface area (Å²) in [6.07, 6.45) is 3.50. The van der Waals surface area contributed by atoms with Crippen molar-refractivity contribution >= 4 is 11.9 Å². The first kappa shape index (κ1) is 11.8. The van der Waals surface area contributed by atoms with Crippen molar-refractivity contribution in [1.29, 1.82) is 0 Å². The molecule has 2 aromatic heterocycles. The van der Waals surface area contributed by atoms with Gasteiger partial charge in [-0.3, -0.25) is 4.57 Å². The highest BCUT2D eigenvalue weighted by molar-refractivity contribution is 5.38. The van der Waals surface area contributed by atoms with E-state index in [2.05, 4.69) is 19.9 Å². The zero-order valence-corrected chi connectivity index (χ0v) is 10.7. The van der Waals surface area contributed by atoms with Gasteiger partial charge in [0.1, 0.15) is 5.82 Å². The van der Waals surface area contributed by atoms with E-state index in [9.17, 15) is 0 Å². The number of aromatic nitrogens is 5. The van der Waals surface area contributed by atoms with Crippen molar-refractivity contribution in [1.82, 2.24) is 24.5 Å². The maximum Gasteiger partial charge on any atom is 0.241 e. The summed E-state index contributed by atoms with van der Waals surface area (Å²) in [5, 5.41) is 0. The van der Waals surface area contributed by atoms with Crippen LogP contribution in [0.5, 0.6) is 0 Å². The van der Waals surface area contributed by atoms with Gasteiger partial charge in [0.05, 0.1) is 13.2 Å². The second-order valence-corrected chi connectivity index (χ2v) is 4.24. The lowest BCUT2D eigenvalue weighted by Crippen LogP contribution is -2.37. The second-order valence-electron chi connectivity index (χ2n) is 4.24. The van der Waals surface area contributed by atoms with Crippen LogP contribution in [0, 0.1) is 6.92 Å². The molecule has 19 heavy (non-hydrogen) atoms. The monoisotopic (exact) mass is 261 g/mol. The van der Waals surface area contributed by atoms with E-state index in [1.807, 2.05) is 11.8 Å². The van der Waals surface area contributed by atoms with Crippen molar-refractivity contribution in [3.05, 3.63) is 18.2 Å². The van der Waals surface area contributed by atoms with Crippen LogP contribution in [0.15, 0.2) is 12.4 Å². The van der Waals surface area contributed by atoms with E-state index in [1.165, 1.54) is 0 Å². The van der Waals surface area contributed by atoms with E-state index >= 15 is 0 Å². The molecule has 1 aliphatic rings. The lowest BCUT2D eigenvalue weighted by molar-refractivity contribution is 0.122. The summed E-state index contributed by atoms with van der Waals surface area (Å²) in [5.41, 5.74) is 5.77. The smallest absolute Gasteiger partial charge is 0.241 e. The van der Waals surface area contributed by atoms with Gasteiger partial charge in [0.2, 0.25) is 17.8 Å². The number of anilines is 2. The molecular formula is C11H15N7O. The minimum atomic E-state index is 0.208. The van der Waals surface area contributed by atoms with Crippen molar-refractivity contribution in [3.8, 4) is 5.95 Å². The van der Waals surface area contributed by atoms with Crippen LogP contribution in [0.2, 0.25) is 0 Å². The molecular weight excluding hydrogens is 246 g/mol. The lowest BCUT2D eigenvalue weighted by atomic mass is 10.4. The molecule has 8 heteroatoms. The van der Waals surface area contributed by atoms with Gasteiger partial charge in [-0.1, -0.05) is 0 Å². The molecule has 0 aromatic carbocycles. The Morgan fingerprint density at radius 2 is 1.89 bits per heavy atom. The standard InChI is InChI=1S/C11H15N7O/c1-8-13-2-3-18(8)11-15-9(12)14-10(16-11)17-4-6-19-7-5-17/h2-3H,4-7H2,1H3,(H2,12,14,15,16). The average Bonchev–Trinajstić information content (AvgIpc) is 2.85. The topological polar surface area (TPSA) is 95.0 Å². The van der Waals surface area contributed by atoms with Gasteiger partial charge in [0, 0.05) is 25.5 Å². The van der Waals surface area contributed by atoms with Crippen molar-refractivity contribution in [3.63, 3.8) is 0 Å². The summed E-state index contributed by atoms with van der Waals surface area (Å²) in [4.78, 5) is 19.0. The van der Waals surface area contributed by atoms with Gasteiger partial charge in [0.15, 0.2) is 0 Å². The summed E-state index contributed by atoms with van der Waals surface area (Å²) in [5.74, 6) is 2.08. The Labute approximate surface area is 110 Å². The van der Waals surface area contributed by atoms with Crippen LogP contribution in [0.4, 0.5) is 11.9 Å². The van der Waals surface area contributed by atoms with Gasteiger partial charge in [0.25, 0.3) is 0 Å². The van der Waals surface area contributed by atoms with Crippen LogP contribution in [0.25, 0.3) is 5.95 Å². The Balaban J connectivity index is 1.98. The molecule has 0 bridgehead atoms. The molecule has 0 saturated carbocycles. The minimum absolute atomic E-state index is 0.208. The molecule has 8 nitrogen and oxygen atoms in total. The number of ether oxygens (including phenoxy) is 1. The quantitative estimate of drug-likeness (QED) is 0.798. The van der Waals surface area contributed by atoms with Gasteiger partial charge < -0.3 is 15.4 Å². The van der Waals surface area contributed by atoms with Crippen LogP contribution in [-0.4, -0.2) is 50.8 Å². The zero-order chi connectivity index (χ0) is 13.2. The van der Waals surface area contributed by atoms with Gasteiger partial charge in [-0.15, -0.1) is 0 Å². The Kier molecular flexibility index (Phi) is 3.00. The van der Waals surface area contributed by atoms with Crippen molar-refractivity contribution < 1.29 is 4.74 Å². The highest BCUT2D eigenvalue weighted by atomic mass is 16.5. The van der Waals surface area contributed by atoms with Gasteiger partial charge in [-0.2, -0.15) is 15.0 Å². The maximum absolute atomic E-state index is 5.77. The predicted molar refractivity (Wildman–Crippen MR) is 69.1 cm³/mol. The Morgan fingerprint density at radius 1 is 1.16 bits per heavy atom. The Morgan fingerprint density at radius 3 is 2.58 bits per heavy atom. The molecule has 3 heterocycles. The van der Waals surface area contributed by atoms with E-state index in [4.69, 9.17) is 10.5 Å². The first-order chi connectivity index (χ1) is 9.24. The maximum atomic E-state index is 5.77. The predicted octanol–water partition coefficient (Wildman–Crippen LogP) is -0.215. The number of rotatable bonds is 2. The number of imidazole rings is 1. The van der Waals surface area contributed by atoms with Crippen LogP contribution in [0.1, 0.15) is 5.82 Å². The SMILES string of the molecule is Cc1nccn1-c1nc(N)nc(N2CCOCC2)n1. The van der Waals surface area contributed by atoms with Crippen molar-refractivity contribution in [2.45, 2.75) is 6.92 Å². The van der Waals surface area contributed by atoms with Gasteiger partial charge in [-0.25, -0.2) is 4.98 Å². The van der Waals surface area contributed by atoms with Crippen LogP contribution in [0.3, 0.4) is 0 Å². The molecule has 2 aromatic rings. The fourth-order valence-corrected chi connectivity index (χ4v) is 1.97. The number of nitrogens with two attached hydrogens (primary N) is 1. The van der Waals surface area contributed by atoms with E-state index in [1.54, 1.807) is 17.0 Å². The molecule has 0 radical (unpaired) electrons. The highest BCUT2D eigenvalue weighted by Gasteiger charge is 2.16. The molecule has 1 aliphatic heterocycles. The summed E-state index contributed by atoms with van der Waals surface area (Å²) in [6, 6.07) is 0. The average molecular weight is 261 g/mol. The number of aryl methyl sites for hydroxylation is 1. The van der Waals surface area contributed by atoms with Crippen molar-refractivity contribution in [2.24, 2.45) is 0 Å². The van der Waals surface area contributed by atoms with Crippen LogP contribution >= 0.6 is 0 Å². The number of hydrogen-bond acceptors (Lipinski definition) is 7. The first-order valence-electron chi connectivity index (χ1n) is 6.08. The van der Waals surface area contributed by atoms with E-state index < -0.39 is 0 Å². The molecule has 1 fully saturated rings. The molecule has 0 amide bonds. The number of morpholine rings is 1. The fourth-order valence-electron chi connectivity index (χ4n) is 1.97. The fraction of sp³-hybridized carbons (Fsp3) is 0.455. The first-order valence-corrected chi connectivity index (χ1v) is 6.08. The highest BCUT2D eigenvalue weighted by Crippen LogP contribution is 2.14. The molecule has 3 rings (SSSR count). The normalized spacial score (nSPS) is 15.7. The Bertz CT molecular complexity index is 576. The van der Waals surface area contributed by atoms with E-state index in [0.29, 0.717) is 25.1 Å². The van der Waals surface area contributed by atoms with Crippen LogP contribution < -0.4 is 10.6 Å². The molecule has 0 unspecified atom stereocenters. The second kappa shape index (κ2) is 4.81. The van der Waals surface area contributed by atoms with Crippen molar-refractivity contribution in [2.75, 3.05) is 36.9 Å². The molecule has 0 aliphatic carbocycles. The lowest BCUT2D eigenvalue weighted by Gasteiger charge is -2.26. The third-order valence-electron chi connectivity index (χ3n) is 2.96. The third-order valence-corrected chi connectivity index (χ3v) is 2.96. The largest absolute Gasteiger partial charge is 0.378 e. The van der Waals surface area contributed by atoms with E-state index in [-0.39, 0.29) is 5.95 Å².